The molecule has 0 bridgehead atoms. The van der Waals surface area contributed by atoms with Crippen LogP contribution < -0.4 is 19.5 Å². The molecular weight excluding hydrogens is 456 g/mol. The quantitative estimate of drug-likeness (QED) is 0.364. The first-order valence-electron chi connectivity index (χ1n) is 10.9. The van der Waals surface area contributed by atoms with Crippen LogP contribution >= 0.6 is 0 Å². The predicted molar refractivity (Wildman–Crippen MR) is 130 cm³/mol. The fourth-order valence-electron chi connectivity index (χ4n) is 2.99. The van der Waals surface area contributed by atoms with Crippen molar-refractivity contribution < 1.29 is 27.1 Å². The Balaban J connectivity index is 1.65. The first-order valence-corrected chi connectivity index (χ1v) is 12.4. The third kappa shape index (κ3) is 7.23. The van der Waals surface area contributed by atoms with Gasteiger partial charge in [-0.3, -0.25) is 4.79 Å². The molecule has 8 nitrogen and oxygen atoms in total. The summed E-state index contributed by atoms with van der Waals surface area (Å²) in [6.45, 7) is 5.02. The molecule has 0 spiro atoms. The van der Waals surface area contributed by atoms with E-state index in [0.29, 0.717) is 36.2 Å². The molecule has 0 atom stereocenters. The van der Waals surface area contributed by atoms with Gasteiger partial charge in [-0.1, -0.05) is 19.1 Å². The molecule has 3 rings (SSSR count). The highest BCUT2D eigenvalue weighted by Gasteiger charge is 2.15. The van der Waals surface area contributed by atoms with Crippen molar-refractivity contribution in [2.45, 2.75) is 31.7 Å². The number of sulfonamides is 1. The van der Waals surface area contributed by atoms with Crippen molar-refractivity contribution in [1.82, 2.24) is 4.72 Å². The SMILES string of the molecule is CCCOc1ccc(/C=C/C(=O)Nc2cccc(S(=O)(=O)NCc3ccco3)c2)cc1OCC. The van der Waals surface area contributed by atoms with Crippen LogP contribution in [0.15, 0.2) is 76.2 Å². The minimum Gasteiger partial charge on any atom is -0.490 e. The molecule has 9 heteroatoms. The maximum atomic E-state index is 12.6. The molecule has 0 aliphatic heterocycles. The highest BCUT2D eigenvalue weighted by molar-refractivity contribution is 7.89. The molecule has 1 heterocycles. The van der Waals surface area contributed by atoms with Gasteiger partial charge >= 0.3 is 0 Å². The number of carbonyl (C=O) groups excluding carboxylic acids is 1. The molecular formula is C25H28N2O6S. The molecule has 0 aliphatic rings. The number of anilines is 1. The largest absolute Gasteiger partial charge is 0.490 e. The highest BCUT2D eigenvalue weighted by atomic mass is 32.2. The standard InChI is InChI=1S/C25H28N2O6S/c1-3-14-33-23-12-10-19(16-24(23)31-4-2)11-13-25(28)27-20-7-5-9-22(17-20)34(29,30)26-18-21-8-6-15-32-21/h5-13,15-17,26H,3-4,14,18H2,1-2H3,(H,27,28)/b13-11+. The van der Waals surface area contributed by atoms with Crippen molar-refractivity contribution in [1.29, 1.82) is 0 Å². The Morgan fingerprint density at radius 2 is 1.88 bits per heavy atom. The van der Waals surface area contributed by atoms with E-state index < -0.39 is 15.9 Å². The van der Waals surface area contributed by atoms with E-state index in [1.807, 2.05) is 26.0 Å². The zero-order valence-electron chi connectivity index (χ0n) is 19.1. The van der Waals surface area contributed by atoms with Crippen LogP contribution in [0.1, 0.15) is 31.6 Å². The number of nitrogens with one attached hydrogen (secondary N) is 2. The summed E-state index contributed by atoms with van der Waals surface area (Å²) >= 11 is 0. The van der Waals surface area contributed by atoms with Gasteiger partial charge in [-0.2, -0.15) is 0 Å². The predicted octanol–water partition coefficient (Wildman–Crippen LogP) is 4.60. The Bertz CT molecular complexity index is 1220. The second-order valence-corrected chi connectivity index (χ2v) is 9.01. The average molecular weight is 485 g/mol. The van der Waals surface area contributed by atoms with Crippen LogP contribution in [0.25, 0.3) is 6.08 Å². The Morgan fingerprint density at radius 1 is 1.03 bits per heavy atom. The number of furan rings is 1. The van der Waals surface area contributed by atoms with Gasteiger partial charge in [0, 0.05) is 11.8 Å². The number of carbonyl (C=O) groups is 1. The zero-order valence-corrected chi connectivity index (χ0v) is 19.9. The van der Waals surface area contributed by atoms with Crippen LogP contribution in [0.3, 0.4) is 0 Å². The highest BCUT2D eigenvalue weighted by Crippen LogP contribution is 2.29. The smallest absolute Gasteiger partial charge is 0.248 e. The van der Waals surface area contributed by atoms with Crippen LogP contribution in [0.2, 0.25) is 0 Å². The first kappa shape index (κ1) is 25.1. The van der Waals surface area contributed by atoms with E-state index in [1.165, 1.54) is 24.5 Å². The summed E-state index contributed by atoms with van der Waals surface area (Å²) in [6, 6.07) is 14.8. The van der Waals surface area contributed by atoms with E-state index in [1.54, 1.807) is 36.4 Å². The minimum atomic E-state index is -3.78. The van der Waals surface area contributed by atoms with Gasteiger partial charge < -0.3 is 19.2 Å². The van der Waals surface area contributed by atoms with Crippen LogP contribution in [-0.2, 0) is 21.4 Å². The molecule has 0 fully saturated rings. The minimum absolute atomic E-state index is 0.0284. The second kappa shape index (κ2) is 12.1. The Labute approximate surface area is 199 Å². The topological polar surface area (TPSA) is 107 Å². The van der Waals surface area contributed by atoms with Crippen molar-refractivity contribution in [2.24, 2.45) is 0 Å². The lowest BCUT2D eigenvalue weighted by molar-refractivity contribution is -0.111. The van der Waals surface area contributed by atoms with Crippen LogP contribution in [0, 0.1) is 0 Å². The van der Waals surface area contributed by atoms with Crippen molar-refractivity contribution >= 4 is 27.7 Å². The molecule has 1 aromatic heterocycles. The van der Waals surface area contributed by atoms with E-state index in [0.717, 1.165) is 12.0 Å². The van der Waals surface area contributed by atoms with Crippen molar-refractivity contribution in [3.63, 3.8) is 0 Å². The maximum Gasteiger partial charge on any atom is 0.248 e. The number of ether oxygens (including phenoxy) is 2. The number of benzene rings is 2. The summed E-state index contributed by atoms with van der Waals surface area (Å²) in [6.07, 6.45) is 5.37. The summed E-state index contributed by atoms with van der Waals surface area (Å²) in [5, 5.41) is 2.68. The fourth-order valence-corrected chi connectivity index (χ4v) is 4.03. The lowest BCUT2D eigenvalue weighted by Gasteiger charge is -2.12. The Kier molecular flexibility index (Phi) is 8.89. The molecule has 34 heavy (non-hydrogen) atoms. The third-order valence-electron chi connectivity index (χ3n) is 4.58. The molecule has 2 aromatic carbocycles. The van der Waals surface area contributed by atoms with Gasteiger partial charge in [0.25, 0.3) is 0 Å². The maximum absolute atomic E-state index is 12.6. The van der Waals surface area contributed by atoms with Crippen molar-refractivity contribution in [2.75, 3.05) is 18.5 Å². The van der Waals surface area contributed by atoms with Gasteiger partial charge in [0.15, 0.2) is 11.5 Å². The van der Waals surface area contributed by atoms with Crippen molar-refractivity contribution in [3.8, 4) is 11.5 Å². The summed E-state index contributed by atoms with van der Waals surface area (Å²) < 4.78 is 44.0. The Hall–Kier alpha value is -3.56. The molecule has 180 valence electrons. The number of hydrogen-bond acceptors (Lipinski definition) is 6. The number of rotatable bonds is 12. The van der Waals surface area contributed by atoms with Gasteiger partial charge in [0.2, 0.25) is 15.9 Å². The summed E-state index contributed by atoms with van der Waals surface area (Å²) in [5.41, 5.74) is 1.12. The molecule has 0 saturated heterocycles. The molecule has 0 radical (unpaired) electrons. The van der Waals surface area contributed by atoms with Gasteiger partial charge in [0.05, 0.1) is 30.9 Å². The van der Waals surface area contributed by atoms with E-state index >= 15 is 0 Å². The van der Waals surface area contributed by atoms with Gasteiger partial charge in [-0.25, -0.2) is 13.1 Å². The first-order chi connectivity index (χ1) is 16.4. The molecule has 0 aliphatic carbocycles. The van der Waals surface area contributed by atoms with Crippen LogP contribution in [-0.4, -0.2) is 27.5 Å². The fraction of sp³-hybridized carbons (Fsp3) is 0.240. The normalized spacial score (nSPS) is 11.5. The Morgan fingerprint density at radius 3 is 2.62 bits per heavy atom. The van der Waals surface area contributed by atoms with E-state index in [9.17, 15) is 13.2 Å². The van der Waals surface area contributed by atoms with E-state index in [2.05, 4.69) is 10.0 Å². The lowest BCUT2D eigenvalue weighted by Crippen LogP contribution is -2.23. The number of hydrogen-bond donors (Lipinski definition) is 2. The molecule has 3 aromatic rings. The van der Waals surface area contributed by atoms with Crippen molar-refractivity contribution in [3.05, 3.63) is 78.3 Å². The molecule has 1 amide bonds. The molecule has 0 saturated carbocycles. The summed E-state index contributed by atoms with van der Waals surface area (Å²) in [7, 11) is -3.78. The van der Waals surface area contributed by atoms with E-state index in [-0.39, 0.29) is 11.4 Å². The monoisotopic (exact) mass is 484 g/mol. The van der Waals surface area contributed by atoms with Crippen LogP contribution in [0.5, 0.6) is 11.5 Å². The second-order valence-electron chi connectivity index (χ2n) is 7.24. The van der Waals surface area contributed by atoms with Gasteiger partial charge in [0.1, 0.15) is 5.76 Å². The van der Waals surface area contributed by atoms with Gasteiger partial charge in [-0.15, -0.1) is 0 Å². The summed E-state index contributed by atoms with van der Waals surface area (Å²) in [5.74, 6) is 1.36. The van der Waals surface area contributed by atoms with Gasteiger partial charge in [-0.05, 0) is 67.4 Å². The summed E-state index contributed by atoms with van der Waals surface area (Å²) in [4.78, 5) is 12.4. The lowest BCUT2D eigenvalue weighted by atomic mass is 10.2. The molecule has 0 unspecified atom stereocenters. The molecule has 2 N–H and O–H groups in total. The zero-order chi connectivity index (χ0) is 24.4. The van der Waals surface area contributed by atoms with Crippen LogP contribution in [0.4, 0.5) is 5.69 Å². The van der Waals surface area contributed by atoms with E-state index in [4.69, 9.17) is 13.9 Å². The third-order valence-corrected chi connectivity index (χ3v) is 5.98. The average Bonchev–Trinajstić information content (AvgIpc) is 3.35. The number of amides is 1.